The van der Waals surface area contributed by atoms with Gasteiger partial charge in [-0.25, -0.2) is 13.6 Å². The van der Waals surface area contributed by atoms with Crippen molar-refractivity contribution in [1.82, 2.24) is 0 Å². The first kappa shape index (κ1) is 25.3. The van der Waals surface area contributed by atoms with Crippen molar-refractivity contribution < 1.29 is 35.8 Å². The normalized spacial score (nSPS) is 19.6. The predicted molar refractivity (Wildman–Crippen MR) is 130 cm³/mol. The second-order valence-electron chi connectivity index (χ2n) is 8.58. The molecule has 1 aliphatic rings. The Bertz CT molecular complexity index is 1410. The highest BCUT2D eigenvalue weighted by molar-refractivity contribution is 7.86. The predicted octanol–water partition coefficient (Wildman–Crippen LogP) is 5.64. The van der Waals surface area contributed by atoms with Gasteiger partial charge in [0.2, 0.25) is 0 Å². The SMILES string of the molecule is C[C@@H]1CCC[N+]1(C(=O)O)S(=O)(=O)c1ccc(-c2ccc(NC(=O)Nc3ccc(F)c(F)c3)cc2)cc1. The van der Waals surface area contributed by atoms with Crippen LogP contribution in [0.2, 0.25) is 0 Å². The van der Waals surface area contributed by atoms with E-state index < -0.39 is 43.7 Å². The maximum atomic E-state index is 13.3. The highest BCUT2D eigenvalue weighted by atomic mass is 32.2. The van der Waals surface area contributed by atoms with Crippen molar-refractivity contribution in [2.75, 3.05) is 17.2 Å². The van der Waals surface area contributed by atoms with Crippen LogP contribution in [-0.4, -0.2) is 42.1 Å². The Kier molecular flexibility index (Phi) is 6.79. The Hall–Kier alpha value is -3.83. The number of urea groups is 1. The highest BCUT2D eigenvalue weighted by Crippen LogP contribution is 2.36. The molecule has 3 aromatic rings. The zero-order valence-corrected chi connectivity index (χ0v) is 20.1. The van der Waals surface area contributed by atoms with Gasteiger partial charge in [0.15, 0.2) is 11.6 Å². The van der Waals surface area contributed by atoms with Gasteiger partial charge in [-0.05, 0) is 54.4 Å². The van der Waals surface area contributed by atoms with Crippen LogP contribution in [0.3, 0.4) is 0 Å². The maximum Gasteiger partial charge on any atom is 0.529 e. The van der Waals surface area contributed by atoms with E-state index in [1.54, 1.807) is 43.3 Å². The van der Waals surface area contributed by atoms with E-state index >= 15 is 0 Å². The van der Waals surface area contributed by atoms with E-state index in [0.29, 0.717) is 24.1 Å². The Labute approximate surface area is 206 Å². The topological polar surface area (TPSA) is 113 Å². The van der Waals surface area contributed by atoms with Crippen LogP contribution in [0.15, 0.2) is 71.6 Å². The summed E-state index contributed by atoms with van der Waals surface area (Å²) in [7, 11) is -4.16. The van der Waals surface area contributed by atoms with Gasteiger partial charge in [0, 0.05) is 30.3 Å². The first-order valence-corrected chi connectivity index (χ1v) is 12.6. The first-order chi connectivity index (χ1) is 17.0. The Morgan fingerprint density at radius 2 is 1.44 bits per heavy atom. The maximum absolute atomic E-state index is 13.3. The fraction of sp³-hybridized carbons (Fsp3) is 0.200. The van der Waals surface area contributed by atoms with Crippen molar-refractivity contribution in [3.05, 3.63) is 78.4 Å². The molecular formula is C25H24F2N3O5S+. The van der Waals surface area contributed by atoms with E-state index in [9.17, 15) is 31.9 Å². The fourth-order valence-electron chi connectivity index (χ4n) is 4.42. The van der Waals surface area contributed by atoms with Gasteiger partial charge in [-0.1, -0.05) is 24.3 Å². The van der Waals surface area contributed by atoms with Crippen LogP contribution >= 0.6 is 0 Å². The van der Waals surface area contributed by atoms with Crippen molar-refractivity contribution in [2.24, 2.45) is 0 Å². The van der Waals surface area contributed by atoms with Gasteiger partial charge in [0.05, 0.1) is 0 Å². The number of hydrogen-bond acceptors (Lipinski definition) is 4. The molecule has 4 rings (SSSR count). The van der Waals surface area contributed by atoms with E-state index in [1.165, 1.54) is 18.2 Å². The molecule has 2 atom stereocenters. The van der Waals surface area contributed by atoms with Crippen LogP contribution in [0.25, 0.3) is 11.1 Å². The van der Waals surface area contributed by atoms with Crippen LogP contribution in [0.1, 0.15) is 19.8 Å². The number of quaternary nitrogens is 1. The number of nitrogens with one attached hydrogen (secondary N) is 2. The average Bonchev–Trinajstić information content (AvgIpc) is 3.25. The average molecular weight is 517 g/mol. The first-order valence-electron chi connectivity index (χ1n) is 11.1. The monoisotopic (exact) mass is 516 g/mol. The number of amides is 3. The Morgan fingerprint density at radius 1 is 0.889 bits per heavy atom. The number of hydrogen-bond donors (Lipinski definition) is 3. The molecule has 1 heterocycles. The molecule has 3 amide bonds. The van der Waals surface area contributed by atoms with Gasteiger partial charge in [0.25, 0.3) is 0 Å². The minimum absolute atomic E-state index is 0.0265. The van der Waals surface area contributed by atoms with Gasteiger partial charge >= 0.3 is 22.1 Å². The molecule has 1 aliphatic heterocycles. The molecule has 8 nitrogen and oxygen atoms in total. The van der Waals surface area contributed by atoms with Crippen LogP contribution < -0.4 is 10.6 Å². The van der Waals surface area contributed by atoms with E-state index in [0.717, 1.165) is 17.7 Å². The number of rotatable bonds is 5. The molecule has 3 N–H and O–H groups in total. The van der Waals surface area contributed by atoms with Gasteiger partial charge < -0.3 is 15.7 Å². The molecular weight excluding hydrogens is 492 g/mol. The molecule has 0 radical (unpaired) electrons. The molecule has 0 aromatic heterocycles. The number of anilines is 2. The van der Waals surface area contributed by atoms with Crippen LogP contribution in [0, 0.1) is 11.6 Å². The summed E-state index contributed by atoms with van der Waals surface area (Å²) in [6, 6.07) is 14.5. The third-order valence-corrected chi connectivity index (χ3v) is 8.81. The van der Waals surface area contributed by atoms with Gasteiger partial charge in [0.1, 0.15) is 17.5 Å². The van der Waals surface area contributed by atoms with Crippen molar-refractivity contribution in [3.8, 4) is 11.1 Å². The third-order valence-electron chi connectivity index (χ3n) is 6.38. The molecule has 0 bridgehead atoms. The highest BCUT2D eigenvalue weighted by Gasteiger charge is 2.57. The van der Waals surface area contributed by atoms with Crippen molar-refractivity contribution in [3.63, 3.8) is 0 Å². The molecule has 0 spiro atoms. The van der Waals surface area contributed by atoms with Crippen LogP contribution in [0.4, 0.5) is 29.7 Å². The van der Waals surface area contributed by atoms with Crippen molar-refractivity contribution >= 4 is 33.5 Å². The lowest BCUT2D eigenvalue weighted by atomic mass is 10.1. The molecule has 3 aromatic carbocycles. The summed E-state index contributed by atoms with van der Waals surface area (Å²) in [5.74, 6) is -2.10. The largest absolute Gasteiger partial charge is 0.529 e. The van der Waals surface area contributed by atoms with E-state index in [2.05, 4.69) is 10.6 Å². The molecule has 188 valence electrons. The lowest BCUT2D eigenvalue weighted by Gasteiger charge is -2.30. The smallest absolute Gasteiger partial charge is 0.435 e. The van der Waals surface area contributed by atoms with Crippen LogP contribution in [-0.2, 0) is 10.0 Å². The zero-order valence-electron chi connectivity index (χ0n) is 19.2. The molecule has 0 aliphatic carbocycles. The number of carbonyl (C=O) groups is 2. The Balaban J connectivity index is 1.47. The second kappa shape index (κ2) is 9.67. The Morgan fingerprint density at radius 3 is 1.97 bits per heavy atom. The lowest BCUT2D eigenvalue weighted by Crippen LogP contribution is -2.58. The summed E-state index contributed by atoms with van der Waals surface area (Å²) in [6.07, 6.45) is -0.340. The summed E-state index contributed by atoms with van der Waals surface area (Å²) in [4.78, 5) is 24.1. The van der Waals surface area contributed by atoms with Crippen LogP contribution in [0.5, 0.6) is 0 Å². The second-order valence-corrected chi connectivity index (χ2v) is 10.7. The number of sulfonamides is 1. The van der Waals surface area contributed by atoms with Crippen molar-refractivity contribution in [2.45, 2.75) is 30.7 Å². The number of benzene rings is 3. The van der Waals surface area contributed by atoms with Gasteiger partial charge in [-0.3, -0.25) is 0 Å². The zero-order chi connectivity index (χ0) is 26.1. The standard InChI is InChI=1S/C25H23F2N3O5S/c1-16-3-2-14-30(16,25(32)33)36(34,35)21-11-6-18(7-12-21)17-4-8-19(9-5-17)28-24(31)29-20-10-13-22(26)23(27)15-20/h4-13,15-16H,2-3,14H2,1H3,(H2-,28,29,31,32,33)/p+1/t16-,30?/m1/s1. The number of nitrogens with zero attached hydrogens (tertiary/aromatic N) is 1. The van der Waals surface area contributed by atoms with Gasteiger partial charge in [-0.15, -0.1) is 3.89 Å². The summed E-state index contributed by atoms with van der Waals surface area (Å²) < 4.78 is 51.9. The van der Waals surface area contributed by atoms with E-state index in [4.69, 9.17) is 0 Å². The summed E-state index contributed by atoms with van der Waals surface area (Å²) in [6.45, 7) is 1.67. The molecule has 11 heteroatoms. The summed E-state index contributed by atoms with van der Waals surface area (Å²) in [5, 5.41) is 14.8. The fourth-order valence-corrected chi connectivity index (χ4v) is 6.43. The lowest BCUT2D eigenvalue weighted by molar-refractivity contribution is -0.741. The number of carboxylic acid groups (broad SMARTS) is 1. The summed E-state index contributed by atoms with van der Waals surface area (Å²) in [5.41, 5.74) is 1.97. The number of carbonyl (C=O) groups excluding carboxylic acids is 1. The molecule has 1 fully saturated rings. The molecule has 0 saturated carbocycles. The number of halogens is 2. The molecule has 36 heavy (non-hydrogen) atoms. The third kappa shape index (κ3) is 4.54. The quantitative estimate of drug-likeness (QED) is 0.380. The van der Waals surface area contributed by atoms with Crippen molar-refractivity contribution in [1.29, 1.82) is 0 Å². The molecule has 1 unspecified atom stereocenters. The number of likely N-dealkylation sites (tertiary alicyclic amines) is 1. The minimum atomic E-state index is -4.16. The van der Waals surface area contributed by atoms with E-state index in [-0.39, 0.29) is 17.1 Å². The van der Waals surface area contributed by atoms with Gasteiger partial charge in [-0.2, -0.15) is 13.2 Å². The minimum Gasteiger partial charge on any atom is -0.435 e. The summed E-state index contributed by atoms with van der Waals surface area (Å²) >= 11 is 0. The van der Waals surface area contributed by atoms with E-state index in [1.807, 2.05) is 0 Å². The molecule has 1 saturated heterocycles.